The molecule has 0 aliphatic rings. The summed E-state index contributed by atoms with van der Waals surface area (Å²) in [6, 6.07) is 1.90. The Morgan fingerprint density at radius 2 is 1.94 bits per heavy atom. The molecule has 0 saturated heterocycles. The highest BCUT2D eigenvalue weighted by atomic mass is 16.3. The maximum Gasteiger partial charge on any atom is 0.145 e. The van der Waals surface area contributed by atoms with Crippen LogP contribution in [0.25, 0.3) is 0 Å². The molecule has 0 radical (unpaired) electrons. The van der Waals surface area contributed by atoms with Crippen molar-refractivity contribution in [1.29, 1.82) is 0 Å². The van der Waals surface area contributed by atoms with Crippen molar-refractivity contribution in [1.82, 2.24) is 9.97 Å². The molecule has 6 nitrogen and oxygen atoms in total. The first kappa shape index (κ1) is 13.7. The fourth-order valence-corrected chi connectivity index (χ4v) is 1.39. The number of nitrogens with zero attached hydrogens (tertiary/aromatic N) is 2. The molecule has 1 heterocycles. The van der Waals surface area contributed by atoms with Gasteiger partial charge in [0.1, 0.15) is 17.5 Å². The van der Waals surface area contributed by atoms with Crippen LogP contribution in [0.3, 0.4) is 0 Å². The lowest BCUT2D eigenvalue weighted by atomic mass is 10.2. The Kier molecular flexibility index (Phi) is 5.11. The topological polar surface area (TPSA) is 96.1 Å². The summed E-state index contributed by atoms with van der Waals surface area (Å²) in [4.78, 5) is 8.67. The van der Waals surface area contributed by atoms with Gasteiger partial charge in [-0.05, 0) is 13.3 Å². The molecule has 5 N–H and O–H groups in total. The van der Waals surface area contributed by atoms with Gasteiger partial charge < -0.3 is 15.8 Å². The predicted octanol–water partition coefficient (Wildman–Crippen LogP) is 1.07. The van der Waals surface area contributed by atoms with Crippen molar-refractivity contribution in [3.63, 3.8) is 0 Å². The SMILES string of the molecule is CC(CCO)Nc1cc(NN)nc(C(C)C)n1. The van der Waals surface area contributed by atoms with Crippen molar-refractivity contribution in [2.45, 2.75) is 39.2 Å². The van der Waals surface area contributed by atoms with Crippen molar-refractivity contribution in [2.75, 3.05) is 17.3 Å². The third-order valence-corrected chi connectivity index (χ3v) is 2.36. The average molecular weight is 239 g/mol. The number of rotatable bonds is 6. The average Bonchev–Trinajstić information content (AvgIpc) is 2.28. The van der Waals surface area contributed by atoms with Crippen molar-refractivity contribution < 1.29 is 5.11 Å². The molecule has 1 rings (SSSR count). The van der Waals surface area contributed by atoms with E-state index in [4.69, 9.17) is 10.9 Å². The largest absolute Gasteiger partial charge is 0.396 e. The van der Waals surface area contributed by atoms with Crippen LogP contribution in [0.2, 0.25) is 0 Å². The Balaban J connectivity index is 2.87. The van der Waals surface area contributed by atoms with Crippen LogP contribution in [0.5, 0.6) is 0 Å². The molecule has 0 aromatic carbocycles. The lowest BCUT2D eigenvalue weighted by molar-refractivity contribution is 0.282. The first-order valence-corrected chi connectivity index (χ1v) is 5.79. The summed E-state index contributed by atoms with van der Waals surface area (Å²) in [5.74, 6) is 7.64. The Morgan fingerprint density at radius 1 is 1.29 bits per heavy atom. The Labute approximate surface area is 102 Å². The maximum atomic E-state index is 8.85. The van der Waals surface area contributed by atoms with Crippen LogP contribution >= 0.6 is 0 Å². The van der Waals surface area contributed by atoms with Gasteiger partial charge in [-0.15, -0.1) is 0 Å². The Hall–Kier alpha value is -1.40. The molecule has 0 fully saturated rings. The highest BCUT2D eigenvalue weighted by molar-refractivity contribution is 5.47. The second kappa shape index (κ2) is 6.36. The third kappa shape index (κ3) is 4.16. The first-order valence-electron chi connectivity index (χ1n) is 5.79. The van der Waals surface area contributed by atoms with Crippen molar-refractivity contribution in [3.05, 3.63) is 11.9 Å². The third-order valence-electron chi connectivity index (χ3n) is 2.36. The minimum absolute atomic E-state index is 0.151. The normalized spacial score (nSPS) is 12.6. The molecule has 0 spiro atoms. The number of hydrogen-bond donors (Lipinski definition) is 4. The molecular formula is C11H21N5O. The van der Waals surface area contributed by atoms with Gasteiger partial charge in [0.15, 0.2) is 0 Å². The number of nitrogens with two attached hydrogens (primary N) is 1. The van der Waals surface area contributed by atoms with Gasteiger partial charge in [0.05, 0.1) is 0 Å². The summed E-state index contributed by atoms with van der Waals surface area (Å²) in [5, 5.41) is 12.1. The zero-order chi connectivity index (χ0) is 12.8. The molecule has 1 unspecified atom stereocenters. The van der Waals surface area contributed by atoms with Crippen molar-refractivity contribution in [2.24, 2.45) is 5.84 Å². The van der Waals surface area contributed by atoms with E-state index in [0.717, 1.165) is 11.6 Å². The van der Waals surface area contributed by atoms with E-state index in [1.54, 1.807) is 6.07 Å². The molecule has 0 aliphatic heterocycles. The van der Waals surface area contributed by atoms with Crippen LogP contribution < -0.4 is 16.6 Å². The van der Waals surface area contributed by atoms with E-state index in [0.29, 0.717) is 12.2 Å². The van der Waals surface area contributed by atoms with Crippen LogP contribution in [0.1, 0.15) is 38.9 Å². The number of anilines is 2. The number of aliphatic hydroxyl groups is 1. The number of hydrogen-bond acceptors (Lipinski definition) is 6. The molecule has 0 amide bonds. The Morgan fingerprint density at radius 3 is 2.47 bits per heavy atom. The van der Waals surface area contributed by atoms with E-state index in [1.807, 2.05) is 20.8 Å². The molecular weight excluding hydrogens is 218 g/mol. The minimum Gasteiger partial charge on any atom is -0.396 e. The summed E-state index contributed by atoms with van der Waals surface area (Å²) in [7, 11) is 0. The van der Waals surface area contributed by atoms with Gasteiger partial charge in [0.25, 0.3) is 0 Å². The van der Waals surface area contributed by atoms with E-state index in [1.165, 1.54) is 0 Å². The van der Waals surface area contributed by atoms with Gasteiger partial charge in [-0.1, -0.05) is 13.8 Å². The van der Waals surface area contributed by atoms with Crippen LogP contribution in [0.15, 0.2) is 6.07 Å². The van der Waals surface area contributed by atoms with Crippen LogP contribution in [0.4, 0.5) is 11.6 Å². The van der Waals surface area contributed by atoms with Gasteiger partial charge in [0, 0.05) is 24.6 Å². The van der Waals surface area contributed by atoms with E-state index in [-0.39, 0.29) is 18.6 Å². The van der Waals surface area contributed by atoms with Gasteiger partial charge in [0.2, 0.25) is 0 Å². The number of nitrogens with one attached hydrogen (secondary N) is 2. The van der Waals surface area contributed by atoms with E-state index in [2.05, 4.69) is 20.7 Å². The molecule has 0 bridgehead atoms. The second-order valence-electron chi connectivity index (χ2n) is 4.35. The zero-order valence-electron chi connectivity index (χ0n) is 10.6. The molecule has 1 aromatic heterocycles. The maximum absolute atomic E-state index is 8.85. The van der Waals surface area contributed by atoms with Crippen LogP contribution in [-0.4, -0.2) is 27.7 Å². The first-order chi connectivity index (χ1) is 8.06. The Bertz CT molecular complexity index is 356. The predicted molar refractivity (Wildman–Crippen MR) is 68.7 cm³/mol. The highest BCUT2D eigenvalue weighted by Crippen LogP contribution is 2.17. The lowest BCUT2D eigenvalue weighted by Crippen LogP contribution is -2.19. The number of hydrazine groups is 1. The van der Waals surface area contributed by atoms with Crippen LogP contribution in [0, 0.1) is 0 Å². The van der Waals surface area contributed by atoms with Crippen molar-refractivity contribution >= 4 is 11.6 Å². The van der Waals surface area contributed by atoms with E-state index < -0.39 is 0 Å². The molecule has 17 heavy (non-hydrogen) atoms. The number of aromatic nitrogens is 2. The minimum atomic E-state index is 0.151. The van der Waals surface area contributed by atoms with E-state index in [9.17, 15) is 0 Å². The molecule has 1 atom stereocenters. The summed E-state index contributed by atoms with van der Waals surface area (Å²) in [6.07, 6.45) is 0.673. The molecule has 6 heteroatoms. The molecule has 96 valence electrons. The summed E-state index contributed by atoms with van der Waals surface area (Å²) in [6.45, 7) is 6.19. The monoisotopic (exact) mass is 239 g/mol. The number of aliphatic hydroxyl groups excluding tert-OH is 1. The summed E-state index contributed by atoms with van der Waals surface area (Å²) in [5.41, 5.74) is 2.53. The zero-order valence-corrected chi connectivity index (χ0v) is 10.6. The van der Waals surface area contributed by atoms with Crippen LogP contribution in [-0.2, 0) is 0 Å². The highest BCUT2D eigenvalue weighted by Gasteiger charge is 2.09. The molecule has 1 aromatic rings. The van der Waals surface area contributed by atoms with Gasteiger partial charge in [-0.2, -0.15) is 0 Å². The molecule has 0 saturated carbocycles. The van der Waals surface area contributed by atoms with Gasteiger partial charge in [-0.3, -0.25) is 0 Å². The molecule has 0 aliphatic carbocycles. The quantitative estimate of drug-likeness (QED) is 0.438. The summed E-state index contributed by atoms with van der Waals surface area (Å²) >= 11 is 0. The fourth-order valence-electron chi connectivity index (χ4n) is 1.39. The fraction of sp³-hybridized carbons (Fsp3) is 0.636. The number of nitrogen functional groups attached to an aromatic ring is 1. The van der Waals surface area contributed by atoms with E-state index >= 15 is 0 Å². The lowest BCUT2D eigenvalue weighted by Gasteiger charge is -2.15. The standard InChI is InChI=1S/C11H21N5O/c1-7(2)11-14-9(6-10(15-11)16-12)13-8(3)4-5-17/h6-8,17H,4-5,12H2,1-3H3,(H2,13,14,15,16). The smallest absolute Gasteiger partial charge is 0.145 e. The van der Waals surface area contributed by atoms with Gasteiger partial charge in [-0.25, -0.2) is 15.8 Å². The summed E-state index contributed by atoms with van der Waals surface area (Å²) < 4.78 is 0. The second-order valence-corrected chi connectivity index (χ2v) is 4.35. The van der Waals surface area contributed by atoms with Gasteiger partial charge >= 0.3 is 0 Å². The van der Waals surface area contributed by atoms with Crippen molar-refractivity contribution in [3.8, 4) is 0 Å².